The van der Waals surface area contributed by atoms with Crippen molar-refractivity contribution in [2.75, 3.05) is 20.3 Å². The number of fused-ring (bicyclic) bond motifs is 4. The molecular formula is C31H37NO4S. The molecule has 0 aliphatic carbocycles. The molecule has 4 aromatic rings. The molecule has 2 aliphatic heterocycles. The molecule has 5 nitrogen and oxygen atoms in total. The van der Waals surface area contributed by atoms with Gasteiger partial charge in [-0.25, -0.2) is 0 Å². The number of hydrogen-bond donors (Lipinski definition) is 1. The van der Waals surface area contributed by atoms with Crippen LogP contribution in [0.15, 0.2) is 53.1 Å². The minimum absolute atomic E-state index is 0.0936. The molecule has 2 saturated heterocycles. The zero-order valence-electron chi connectivity index (χ0n) is 22.2. The lowest BCUT2D eigenvalue weighted by Crippen LogP contribution is -2.47. The quantitative estimate of drug-likeness (QED) is 0.282. The van der Waals surface area contributed by atoms with Crippen LogP contribution in [-0.2, 0) is 5.41 Å². The SMILES string of the molecule is COc1ccc(C(C)(C)C)c2sc(C3CC4CCC(C3)N4C[C@H](O)COc3cccc4occc34)cc12. The fourth-order valence-electron chi connectivity index (χ4n) is 6.47. The number of hydrogen-bond acceptors (Lipinski definition) is 6. The average Bonchev–Trinajstić information content (AvgIpc) is 3.57. The van der Waals surface area contributed by atoms with Gasteiger partial charge >= 0.3 is 0 Å². The number of aliphatic hydroxyl groups excluding tert-OH is 1. The second-order valence-corrected chi connectivity index (χ2v) is 12.8. The van der Waals surface area contributed by atoms with Crippen molar-refractivity contribution in [1.82, 2.24) is 4.90 Å². The molecule has 0 spiro atoms. The van der Waals surface area contributed by atoms with E-state index in [1.807, 2.05) is 35.6 Å². The van der Waals surface area contributed by atoms with Gasteiger partial charge in [-0.2, -0.15) is 0 Å². The average molecular weight is 520 g/mol. The van der Waals surface area contributed by atoms with Gasteiger partial charge in [0.2, 0.25) is 0 Å². The third-order valence-electron chi connectivity index (χ3n) is 8.29. The van der Waals surface area contributed by atoms with Crippen LogP contribution in [-0.4, -0.2) is 48.5 Å². The summed E-state index contributed by atoms with van der Waals surface area (Å²) in [6.45, 7) is 7.82. The van der Waals surface area contributed by atoms with Crippen LogP contribution >= 0.6 is 11.3 Å². The maximum Gasteiger partial charge on any atom is 0.137 e. The second-order valence-electron chi connectivity index (χ2n) is 11.8. The molecule has 6 heteroatoms. The molecule has 2 aromatic carbocycles. The third-order valence-corrected chi connectivity index (χ3v) is 9.62. The van der Waals surface area contributed by atoms with Crippen molar-refractivity contribution in [2.24, 2.45) is 0 Å². The molecule has 2 aromatic heterocycles. The lowest BCUT2D eigenvalue weighted by molar-refractivity contribution is 0.0323. The summed E-state index contributed by atoms with van der Waals surface area (Å²) in [7, 11) is 1.77. The van der Waals surface area contributed by atoms with Crippen LogP contribution in [0.4, 0.5) is 0 Å². The summed E-state index contributed by atoms with van der Waals surface area (Å²) < 4.78 is 18.6. The van der Waals surface area contributed by atoms with Gasteiger partial charge in [-0.05, 0) is 72.9 Å². The minimum atomic E-state index is -0.523. The highest BCUT2D eigenvalue weighted by molar-refractivity contribution is 7.19. The Hall–Kier alpha value is -2.54. The van der Waals surface area contributed by atoms with Crippen molar-refractivity contribution >= 4 is 32.4 Å². The Kier molecular flexibility index (Phi) is 6.46. The van der Waals surface area contributed by atoms with Crippen molar-refractivity contribution in [3.8, 4) is 11.5 Å². The van der Waals surface area contributed by atoms with E-state index in [4.69, 9.17) is 13.9 Å². The van der Waals surface area contributed by atoms with Gasteiger partial charge in [-0.1, -0.05) is 32.9 Å². The number of piperidine rings is 1. The molecule has 37 heavy (non-hydrogen) atoms. The number of methoxy groups -OCH3 is 1. The molecule has 2 bridgehead atoms. The number of furan rings is 1. The molecule has 0 saturated carbocycles. The first kappa shape index (κ1) is 24.8. The van der Waals surface area contributed by atoms with E-state index in [2.05, 4.69) is 43.9 Å². The first-order chi connectivity index (χ1) is 17.8. The molecule has 2 fully saturated rings. The van der Waals surface area contributed by atoms with Gasteiger partial charge in [-0.15, -0.1) is 11.3 Å². The fraction of sp³-hybridized carbons (Fsp3) is 0.484. The van der Waals surface area contributed by atoms with Gasteiger partial charge in [0.25, 0.3) is 0 Å². The predicted molar refractivity (Wildman–Crippen MR) is 150 cm³/mol. The molecule has 0 amide bonds. The smallest absolute Gasteiger partial charge is 0.137 e. The number of ether oxygens (including phenoxy) is 2. The predicted octanol–water partition coefficient (Wildman–Crippen LogP) is 7.10. The van der Waals surface area contributed by atoms with Gasteiger partial charge in [-0.3, -0.25) is 4.90 Å². The number of thiophene rings is 1. The molecule has 3 atom stereocenters. The highest BCUT2D eigenvalue weighted by Gasteiger charge is 2.42. The largest absolute Gasteiger partial charge is 0.496 e. The maximum absolute atomic E-state index is 10.9. The van der Waals surface area contributed by atoms with Gasteiger partial charge in [0.1, 0.15) is 29.8 Å². The van der Waals surface area contributed by atoms with Gasteiger partial charge < -0.3 is 19.0 Å². The lowest BCUT2D eigenvalue weighted by atomic mass is 9.86. The van der Waals surface area contributed by atoms with E-state index in [0.717, 1.165) is 35.3 Å². The van der Waals surface area contributed by atoms with E-state index in [-0.39, 0.29) is 12.0 Å². The first-order valence-electron chi connectivity index (χ1n) is 13.5. The van der Waals surface area contributed by atoms with Crippen LogP contribution < -0.4 is 9.47 Å². The fourth-order valence-corrected chi connectivity index (χ4v) is 7.99. The van der Waals surface area contributed by atoms with Crippen molar-refractivity contribution in [1.29, 1.82) is 0 Å². The first-order valence-corrected chi connectivity index (χ1v) is 14.3. The normalized spacial score (nSPS) is 23.1. The van der Waals surface area contributed by atoms with Crippen LogP contribution in [0.1, 0.15) is 62.8 Å². The standard InChI is InChI=1S/C31H37NO4S/c1-31(2,3)25-10-11-26(34-4)24-16-29(37-30(24)25)19-14-20-8-9-21(15-19)32(20)17-22(33)18-36-28-7-5-6-27-23(28)12-13-35-27/h5-7,10-13,16,19-22,33H,8-9,14-15,17-18H2,1-4H3/t19?,20?,21?,22-/m0/s1. The topological polar surface area (TPSA) is 55.1 Å². The summed E-state index contributed by atoms with van der Waals surface area (Å²) in [4.78, 5) is 4.04. The summed E-state index contributed by atoms with van der Waals surface area (Å²) in [5, 5.41) is 13.1. The highest BCUT2D eigenvalue weighted by atomic mass is 32.1. The third kappa shape index (κ3) is 4.64. The van der Waals surface area contributed by atoms with Crippen LogP contribution in [0.3, 0.4) is 0 Å². The molecule has 2 unspecified atom stereocenters. The van der Waals surface area contributed by atoms with Crippen molar-refractivity contribution in [3.05, 3.63) is 59.2 Å². The summed E-state index contributed by atoms with van der Waals surface area (Å²) >= 11 is 1.97. The van der Waals surface area contributed by atoms with E-state index < -0.39 is 6.10 Å². The molecule has 1 N–H and O–H groups in total. The van der Waals surface area contributed by atoms with E-state index in [1.54, 1.807) is 13.4 Å². The summed E-state index contributed by atoms with van der Waals surface area (Å²) in [6, 6.07) is 15.5. The Morgan fingerprint density at radius 1 is 1.05 bits per heavy atom. The van der Waals surface area contributed by atoms with E-state index in [9.17, 15) is 5.11 Å². The van der Waals surface area contributed by atoms with Gasteiger partial charge in [0.15, 0.2) is 0 Å². The van der Waals surface area contributed by atoms with Crippen LogP contribution in [0.5, 0.6) is 11.5 Å². The highest BCUT2D eigenvalue weighted by Crippen LogP contribution is 2.48. The Morgan fingerprint density at radius 2 is 1.84 bits per heavy atom. The van der Waals surface area contributed by atoms with Crippen LogP contribution in [0, 0.1) is 0 Å². The van der Waals surface area contributed by atoms with E-state index in [0.29, 0.717) is 24.5 Å². The molecule has 0 radical (unpaired) electrons. The zero-order valence-corrected chi connectivity index (χ0v) is 23.0. The Balaban J connectivity index is 1.15. The Bertz CT molecular complexity index is 1390. The minimum Gasteiger partial charge on any atom is -0.496 e. The van der Waals surface area contributed by atoms with Crippen LogP contribution in [0.25, 0.3) is 21.1 Å². The number of aliphatic hydroxyl groups is 1. The van der Waals surface area contributed by atoms with E-state index in [1.165, 1.54) is 33.4 Å². The summed E-state index contributed by atoms with van der Waals surface area (Å²) in [5.74, 6) is 2.30. The summed E-state index contributed by atoms with van der Waals surface area (Å²) in [6.07, 6.45) is 5.88. The molecule has 4 heterocycles. The molecule has 196 valence electrons. The molecular weight excluding hydrogens is 482 g/mol. The molecule has 6 rings (SSSR count). The number of rotatable bonds is 7. The number of nitrogens with zero attached hydrogens (tertiary/aromatic N) is 1. The Labute approximate surface area is 223 Å². The molecule has 2 aliphatic rings. The maximum atomic E-state index is 10.9. The van der Waals surface area contributed by atoms with Gasteiger partial charge in [0.05, 0.1) is 18.8 Å². The van der Waals surface area contributed by atoms with E-state index >= 15 is 0 Å². The van der Waals surface area contributed by atoms with Crippen molar-refractivity contribution in [3.63, 3.8) is 0 Å². The van der Waals surface area contributed by atoms with Crippen LogP contribution in [0.2, 0.25) is 0 Å². The summed E-state index contributed by atoms with van der Waals surface area (Å²) in [5.41, 5.74) is 2.30. The van der Waals surface area contributed by atoms with Crippen molar-refractivity contribution < 1.29 is 19.0 Å². The zero-order chi connectivity index (χ0) is 25.7. The number of benzene rings is 2. The van der Waals surface area contributed by atoms with Crippen molar-refractivity contribution in [2.45, 2.75) is 76.0 Å². The monoisotopic (exact) mass is 519 g/mol. The lowest BCUT2D eigenvalue weighted by Gasteiger charge is -2.39. The second kappa shape index (κ2) is 9.64. The Morgan fingerprint density at radius 3 is 2.57 bits per heavy atom. The van der Waals surface area contributed by atoms with Gasteiger partial charge in [0, 0.05) is 33.6 Å².